The Balaban J connectivity index is 2.14. The number of likely N-dealkylation sites (tertiary alicyclic amines) is 1. The number of hydrogen-bond donors (Lipinski definition) is 1. The summed E-state index contributed by atoms with van der Waals surface area (Å²) < 4.78 is 14.3. The highest BCUT2D eigenvalue weighted by Gasteiger charge is 2.37. The number of nitrogens with zero attached hydrogens (tertiary/aromatic N) is 1. The largest absolute Gasteiger partial charge is 0.326 e. The molecule has 1 fully saturated rings. The van der Waals surface area contributed by atoms with Crippen molar-refractivity contribution in [3.63, 3.8) is 0 Å². The van der Waals surface area contributed by atoms with E-state index in [2.05, 4.69) is 34.7 Å². The molecule has 2 N–H and O–H groups in total. The minimum absolute atomic E-state index is 0.00467. The molecule has 1 saturated heterocycles. The summed E-state index contributed by atoms with van der Waals surface area (Å²) in [5.41, 5.74) is 7.45. The van der Waals surface area contributed by atoms with E-state index in [1.165, 1.54) is 18.9 Å². The van der Waals surface area contributed by atoms with Gasteiger partial charge in [-0.2, -0.15) is 0 Å². The van der Waals surface area contributed by atoms with Crippen LogP contribution in [0.15, 0.2) is 22.7 Å². The summed E-state index contributed by atoms with van der Waals surface area (Å²) in [6.45, 7) is 6.70. The fraction of sp³-hybridized carbons (Fsp3) is 0.625. The average molecular weight is 343 g/mol. The molecule has 1 aromatic rings. The van der Waals surface area contributed by atoms with Gasteiger partial charge in [-0.25, -0.2) is 4.39 Å². The van der Waals surface area contributed by atoms with Crippen molar-refractivity contribution in [2.75, 3.05) is 13.1 Å². The predicted octanol–water partition coefficient (Wildman–Crippen LogP) is 3.72. The highest BCUT2D eigenvalue weighted by molar-refractivity contribution is 9.10. The molecule has 20 heavy (non-hydrogen) atoms. The molecule has 4 heteroatoms. The van der Waals surface area contributed by atoms with Crippen LogP contribution in [0.1, 0.15) is 38.7 Å². The summed E-state index contributed by atoms with van der Waals surface area (Å²) in [5.74, 6) is -0.207. The van der Waals surface area contributed by atoms with Gasteiger partial charge in [0.15, 0.2) is 0 Å². The van der Waals surface area contributed by atoms with Gasteiger partial charge >= 0.3 is 0 Å². The van der Waals surface area contributed by atoms with E-state index in [4.69, 9.17) is 5.73 Å². The van der Waals surface area contributed by atoms with Gasteiger partial charge in [-0.15, -0.1) is 0 Å². The SMILES string of the molecule is CCC(C)(C(N)Cc1cc(F)cc(Br)c1)N1CCCC1. The lowest BCUT2D eigenvalue weighted by molar-refractivity contribution is 0.0998. The first-order valence-corrected chi connectivity index (χ1v) is 8.20. The van der Waals surface area contributed by atoms with E-state index in [1.807, 2.05) is 6.07 Å². The molecule has 112 valence electrons. The maximum Gasteiger partial charge on any atom is 0.124 e. The van der Waals surface area contributed by atoms with Crippen LogP contribution in [0.3, 0.4) is 0 Å². The lowest BCUT2D eigenvalue weighted by Crippen LogP contribution is -2.57. The Morgan fingerprint density at radius 2 is 2.00 bits per heavy atom. The summed E-state index contributed by atoms with van der Waals surface area (Å²) in [6, 6.07) is 5.04. The van der Waals surface area contributed by atoms with Crippen LogP contribution in [0.5, 0.6) is 0 Å². The average Bonchev–Trinajstić information content (AvgIpc) is 2.90. The molecule has 2 rings (SSSR count). The molecule has 0 amide bonds. The first-order valence-electron chi connectivity index (χ1n) is 7.41. The predicted molar refractivity (Wildman–Crippen MR) is 85.3 cm³/mol. The van der Waals surface area contributed by atoms with Gasteiger partial charge in [0.2, 0.25) is 0 Å². The minimum Gasteiger partial charge on any atom is -0.326 e. The van der Waals surface area contributed by atoms with E-state index < -0.39 is 0 Å². The Morgan fingerprint density at radius 3 is 2.55 bits per heavy atom. The maximum absolute atomic E-state index is 13.5. The van der Waals surface area contributed by atoms with Crippen LogP contribution in [0.2, 0.25) is 0 Å². The maximum atomic E-state index is 13.5. The lowest BCUT2D eigenvalue weighted by Gasteiger charge is -2.43. The fourth-order valence-electron chi connectivity index (χ4n) is 3.15. The highest BCUT2D eigenvalue weighted by Crippen LogP contribution is 2.29. The Kier molecular flexibility index (Phi) is 5.21. The number of halogens is 2. The molecule has 1 aromatic carbocycles. The van der Waals surface area contributed by atoms with E-state index in [-0.39, 0.29) is 17.4 Å². The zero-order valence-electron chi connectivity index (χ0n) is 12.3. The molecule has 2 nitrogen and oxygen atoms in total. The van der Waals surface area contributed by atoms with Gasteiger partial charge in [-0.3, -0.25) is 4.90 Å². The van der Waals surface area contributed by atoms with Gasteiger partial charge in [0.25, 0.3) is 0 Å². The zero-order valence-corrected chi connectivity index (χ0v) is 13.9. The normalized spacial score (nSPS) is 20.9. The van der Waals surface area contributed by atoms with Crippen molar-refractivity contribution in [2.45, 2.75) is 51.1 Å². The molecule has 1 aliphatic rings. The molecule has 0 aliphatic carbocycles. The third-order valence-electron chi connectivity index (χ3n) is 4.72. The summed E-state index contributed by atoms with van der Waals surface area (Å²) in [4.78, 5) is 2.51. The number of benzene rings is 1. The molecule has 1 aliphatic heterocycles. The van der Waals surface area contributed by atoms with E-state index >= 15 is 0 Å². The van der Waals surface area contributed by atoms with E-state index in [9.17, 15) is 4.39 Å². The van der Waals surface area contributed by atoms with Crippen molar-refractivity contribution in [3.05, 3.63) is 34.1 Å². The second-order valence-electron chi connectivity index (χ2n) is 5.99. The van der Waals surface area contributed by atoms with Crippen LogP contribution in [-0.2, 0) is 6.42 Å². The Morgan fingerprint density at radius 1 is 1.35 bits per heavy atom. The van der Waals surface area contributed by atoms with Crippen LogP contribution >= 0.6 is 15.9 Å². The zero-order chi connectivity index (χ0) is 14.8. The second-order valence-corrected chi connectivity index (χ2v) is 6.91. The molecule has 0 spiro atoms. The molecule has 2 unspecified atom stereocenters. The van der Waals surface area contributed by atoms with E-state index in [0.29, 0.717) is 6.42 Å². The van der Waals surface area contributed by atoms with Crippen LogP contribution in [0.25, 0.3) is 0 Å². The van der Waals surface area contributed by atoms with Crippen molar-refractivity contribution < 1.29 is 4.39 Å². The van der Waals surface area contributed by atoms with Gasteiger partial charge in [0.05, 0.1) is 0 Å². The summed E-state index contributed by atoms with van der Waals surface area (Å²) in [6.07, 6.45) is 4.24. The number of nitrogens with two attached hydrogens (primary N) is 1. The van der Waals surface area contributed by atoms with Crippen LogP contribution in [0.4, 0.5) is 4.39 Å². The van der Waals surface area contributed by atoms with Crippen molar-refractivity contribution in [2.24, 2.45) is 5.73 Å². The van der Waals surface area contributed by atoms with Crippen LogP contribution in [-0.4, -0.2) is 29.6 Å². The quantitative estimate of drug-likeness (QED) is 0.883. The first kappa shape index (κ1) is 15.9. The minimum atomic E-state index is -0.207. The molecule has 0 aromatic heterocycles. The molecular weight excluding hydrogens is 319 g/mol. The van der Waals surface area contributed by atoms with Gasteiger partial charge in [-0.1, -0.05) is 22.9 Å². The third kappa shape index (κ3) is 3.41. The standard InChI is InChI=1S/C16H24BrFN2/c1-3-16(2,20-6-4-5-7-20)15(19)10-12-8-13(17)11-14(18)9-12/h8-9,11,15H,3-7,10,19H2,1-2H3. The topological polar surface area (TPSA) is 29.3 Å². The second kappa shape index (κ2) is 6.54. The summed E-state index contributed by atoms with van der Waals surface area (Å²) >= 11 is 3.35. The van der Waals surface area contributed by atoms with Crippen LogP contribution < -0.4 is 5.73 Å². The summed E-state index contributed by atoms with van der Waals surface area (Å²) in [5, 5.41) is 0. The van der Waals surface area contributed by atoms with E-state index in [0.717, 1.165) is 29.5 Å². The van der Waals surface area contributed by atoms with Crippen LogP contribution in [0, 0.1) is 5.82 Å². The molecular formula is C16H24BrFN2. The smallest absolute Gasteiger partial charge is 0.124 e. The molecule has 0 saturated carbocycles. The van der Waals surface area contributed by atoms with Gasteiger partial charge in [0.1, 0.15) is 5.82 Å². The Hall–Kier alpha value is -0.450. The fourth-order valence-corrected chi connectivity index (χ4v) is 3.66. The van der Waals surface area contributed by atoms with Crippen molar-refractivity contribution in [3.8, 4) is 0 Å². The Labute approximate surface area is 129 Å². The summed E-state index contributed by atoms with van der Waals surface area (Å²) in [7, 11) is 0. The lowest BCUT2D eigenvalue weighted by atomic mass is 9.84. The van der Waals surface area contributed by atoms with Crippen molar-refractivity contribution in [1.29, 1.82) is 0 Å². The third-order valence-corrected chi connectivity index (χ3v) is 5.18. The van der Waals surface area contributed by atoms with Gasteiger partial charge in [-0.05, 0) is 69.5 Å². The van der Waals surface area contributed by atoms with Gasteiger partial charge < -0.3 is 5.73 Å². The first-order chi connectivity index (χ1) is 9.45. The Bertz CT molecular complexity index is 440. The molecule has 0 radical (unpaired) electrons. The van der Waals surface area contributed by atoms with E-state index in [1.54, 1.807) is 6.07 Å². The molecule has 0 bridgehead atoms. The molecule has 1 heterocycles. The number of rotatable bonds is 5. The van der Waals surface area contributed by atoms with Gasteiger partial charge in [0, 0.05) is 16.1 Å². The monoisotopic (exact) mass is 342 g/mol. The highest BCUT2D eigenvalue weighted by atomic mass is 79.9. The van der Waals surface area contributed by atoms with Crippen molar-refractivity contribution >= 4 is 15.9 Å². The van der Waals surface area contributed by atoms with Crippen molar-refractivity contribution in [1.82, 2.24) is 4.90 Å². The number of hydrogen-bond acceptors (Lipinski definition) is 2. The molecule has 2 atom stereocenters.